The second-order valence-corrected chi connectivity index (χ2v) is 2.83. The summed E-state index contributed by atoms with van der Waals surface area (Å²) in [5.41, 5.74) is 0. The second kappa shape index (κ2) is 4.45. The van der Waals surface area contributed by atoms with E-state index < -0.39 is 0 Å². The van der Waals surface area contributed by atoms with Crippen molar-refractivity contribution < 1.29 is 4.79 Å². The second-order valence-electron chi connectivity index (χ2n) is 2.83. The van der Waals surface area contributed by atoms with Gasteiger partial charge in [0.15, 0.2) is 0 Å². The molecule has 0 aliphatic heterocycles. The van der Waals surface area contributed by atoms with Gasteiger partial charge in [0, 0.05) is 12.5 Å². The van der Waals surface area contributed by atoms with Crippen molar-refractivity contribution in [2.75, 3.05) is 13.6 Å². The SMILES string of the molecule is CCN(C)C(C)CC(C)=O. The lowest BCUT2D eigenvalue weighted by molar-refractivity contribution is -0.117. The zero-order valence-electron chi connectivity index (χ0n) is 7.35. The van der Waals surface area contributed by atoms with Crippen molar-refractivity contribution in [3.8, 4) is 0 Å². The summed E-state index contributed by atoms with van der Waals surface area (Å²) in [7, 11) is 2.04. The minimum atomic E-state index is 0.271. The fourth-order valence-electron chi connectivity index (χ4n) is 0.884. The Bertz CT molecular complexity index is 112. The fraction of sp³-hybridized carbons (Fsp3) is 0.875. The molecule has 0 aliphatic rings. The van der Waals surface area contributed by atoms with Crippen LogP contribution >= 0.6 is 0 Å². The third kappa shape index (κ3) is 3.62. The van der Waals surface area contributed by atoms with Crippen LogP contribution in [-0.2, 0) is 4.79 Å². The lowest BCUT2D eigenvalue weighted by atomic mass is 10.1. The third-order valence-corrected chi connectivity index (χ3v) is 1.83. The van der Waals surface area contributed by atoms with Gasteiger partial charge in [-0.1, -0.05) is 6.92 Å². The Balaban J connectivity index is 3.61. The molecule has 0 heterocycles. The predicted octanol–water partition coefficient (Wildman–Crippen LogP) is 1.31. The van der Waals surface area contributed by atoms with E-state index in [0.717, 1.165) is 6.54 Å². The van der Waals surface area contributed by atoms with Crippen molar-refractivity contribution in [2.45, 2.75) is 33.2 Å². The molecule has 2 nitrogen and oxygen atoms in total. The van der Waals surface area contributed by atoms with Crippen LogP contribution in [0, 0.1) is 0 Å². The van der Waals surface area contributed by atoms with Gasteiger partial charge in [0.2, 0.25) is 0 Å². The van der Waals surface area contributed by atoms with Crippen molar-refractivity contribution in [2.24, 2.45) is 0 Å². The molecule has 0 aromatic heterocycles. The van der Waals surface area contributed by atoms with Crippen LogP contribution in [0.2, 0.25) is 0 Å². The molecule has 0 spiro atoms. The van der Waals surface area contributed by atoms with Crippen LogP contribution in [0.15, 0.2) is 0 Å². The molecule has 0 saturated carbocycles. The highest BCUT2D eigenvalue weighted by atomic mass is 16.1. The Morgan fingerprint density at radius 1 is 1.60 bits per heavy atom. The molecule has 0 N–H and O–H groups in total. The Labute approximate surface area is 63.2 Å². The first-order chi connectivity index (χ1) is 4.57. The predicted molar refractivity (Wildman–Crippen MR) is 43.1 cm³/mol. The monoisotopic (exact) mass is 143 g/mol. The van der Waals surface area contributed by atoms with Crippen molar-refractivity contribution >= 4 is 5.78 Å². The molecule has 60 valence electrons. The first kappa shape index (κ1) is 9.63. The normalized spacial score (nSPS) is 13.7. The first-order valence-corrected chi connectivity index (χ1v) is 3.77. The molecule has 1 unspecified atom stereocenters. The van der Waals surface area contributed by atoms with E-state index in [2.05, 4.69) is 18.7 Å². The maximum Gasteiger partial charge on any atom is 0.131 e. The Hall–Kier alpha value is -0.370. The molecule has 0 amide bonds. The van der Waals surface area contributed by atoms with Crippen molar-refractivity contribution in [1.82, 2.24) is 4.90 Å². The molecule has 0 bridgehead atoms. The first-order valence-electron chi connectivity index (χ1n) is 3.77. The summed E-state index contributed by atoms with van der Waals surface area (Å²) >= 11 is 0. The summed E-state index contributed by atoms with van der Waals surface area (Å²) in [5, 5.41) is 0. The van der Waals surface area contributed by atoms with Gasteiger partial charge in [-0.3, -0.25) is 4.79 Å². The molecule has 0 aromatic carbocycles. The van der Waals surface area contributed by atoms with Crippen molar-refractivity contribution in [3.05, 3.63) is 0 Å². The number of carbonyl (C=O) groups is 1. The lowest BCUT2D eigenvalue weighted by Gasteiger charge is -2.21. The van der Waals surface area contributed by atoms with Crippen LogP contribution < -0.4 is 0 Å². The number of carbonyl (C=O) groups excluding carboxylic acids is 1. The zero-order chi connectivity index (χ0) is 8.15. The maximum atomic E-state index is 10.6. The molecular weight excluding hydrogens is 126 g/mol. The summed E-state index contributed by atoms with van der Waals surface area (Å²) in [4.78, 5) is 12.8. The van der Waals surface area contributed by atoms with Gasteiger partial charge in [-0.25, -0.2) is 0 Å². The number of rotatable bonds is 4. The Morgan fingerprint density at radius 2 is 2.10 bits per heavy atom. The van der Waals surface area contributed by atoms with Crippen molar-refractivity contribution in [3.63, 3.8) is 0 Å². The van der Waals surface area contributed by atoms with E-state index >= 15 is 0 Å². The van der Waals surface area contributed by atoms with E-state index in [4.69, 9.17) is 0 Å². The smallest absolute Gasteiger partial charge is 0.131 e. The van der Waals surface area contributed by atoms with E-state index in [0.29, 0.717) is 12.5 Å². The van der Waals surface area contributed by atoms with E-state index in [-0.39, 0.29) is 5.78 Å². The summed E-state index contributed by atoms with van der Waals surface area (Å²) < 4.78 is 0. The average Bonchev–Trinajstić information content (AvgIpc) is 1.85. The fourth-order valence-corrected chi connectivity index (χ4v) is 0.884. The number of nitrogens with zero attached hydrogens (tertiary/aromatic N) is 1. The van der Waals surface area contributed by atoms with Gasteiger partial charge >= 0.3 is 0 Å². The number of hydrogen-bond donors (Lipinski definition) is 0. The third-order valence-electron chi connectivity index (χ3n) is 1.83. The van der Waals surface area contributed by atoms with E-state index in [1.807, 2.05) is 7.05 Å². The van der Waals surface area contributed by atoms with Gasteiger partial charge in [-0.05, 0) is 27.4 Å². The summed E-state index contributed by atoms with van der Waals surface area (Å²) in [5.74, 6) is 0.271. The van der Waals surface area contributed by atoms with Crippen LogP contribution in [-0.4, -0.2) is 30.3 Å². The molecule has 1 atom stereocenters. The maximum absolute atomic E-state index is 10.6. The minimum absolute atomic E-state index is 0.271. The van der Waals surface area contributed by atoms with Gasteiger partial charge in [-0.15, -0.1) is 0 Å². The standard InChI is InChI=1S/C8H17NO/c1-5-9(4)7(2)6-8(3)10/h7H,5-6H2,1-4H3. The number of Topliss-reactive ketones (excluding diaryl/α,β-unsaturated/α-hetero) is 1. The number of ketones is 1. The molecular formula is C8H17NO. The lowest BCUT2D eigenvalue weighted by Crippen LogP contribution is -2.30. The van der Waals surface area contributed by atoms with Crippen LogP contribution in [0.3, 0.4) is 0 Å². The van der Waals surface area contributed by atoms with Crippen LogP contribution in [0.5, 0.6) is 0 Å². The van der Waals surface area contributed by atoms with Gasteiger partial charge in [-0.2, -0.15) is 0 Å². The minimum Gasteiger partial charge on any atom is -0.304 e. The number of hydrogen-bond acceptors (Lipinski definition) is 2. The highest BCUT2D eigenvalue weighted by Gasteiger charge is 2.08. The summed E-state index contributed by atoms with van der Waals surface area (Å²) in [6.45, 7) is 6.82. The largest absolute Gasteiger partial charge is 0.304 e. The molecule has 0 radical (unpaired) electrons. The average molecular weight is 143 g/mol. The van der Waals surface area contributed by atoms with E-state index in [1.165, 1.54) is 0 Å². The van der Waals surface area contributed by atoms with Crippen LogP contribution in [0.4, 0.5) is 0 Å². The Morgan fingerprint density at radius 3 is 2.40 bits per heavy atom. The molecule has 0 aromatic rings. The van der Waals surface area contributed by atoms with E-state index in [9.17, 15) is 4.79 Å². The van der Waals surface area contributed by atoms with Crippen LogP contribution in [0.1, 0.15) is 27.2 Å². The van der Waals surface area contributed by atoms with Gasteiger partial charge in [0.1, 0.15) is 5.78 Å². The van der Waals surface area contributed by atoms with Crippen molar-refractivity contribution in [1.29, 1.82) is 0 Å². The molecule has 10 heavy (non-hydrogen) atoms. The zero-order valence-corrected chi connectivity index (χ0v) is 7.35. The molecule has 0 saturated heterocycles. The quantitative estimate of drug-likeness (QED) is 0.591. The molecule has 2 heteroatoms. The van der Waals surface area contributed by atoms with Crippen LogP contribution in [0.25, 0.3) is 0 Å². The molecule has 0 rings (SSSR count). The van der Waals surface area contributed by atoms with Gasteiger partial charge in [0.25, 0.3) is 0 Å². The molecule has 0 aliphatic carbocycles. The highest BCUT2D eigenvalue weighted by molar-refractivity contribution is 5.76. The molecule has 0 fully saturated rings. The summed E-state index contributed by atoms with van der Waals surface area (Å²) in [6.07, 6.45) is 0.671. The van der Waals surface area contributed by atoms with E-state index in [1.54, 1.807) is 6.92 Å². The Kier molecular flexibility index (Phi) is 4.28. The van der Waals surface area contributed by atoms with Gasteiger partial charge < -0.3 is 4.90 Å². The topological polar surface area (TPSA) is 20.3 Å². The summed E-state index contributed by atoms with van der Waals surface area (Å²) in [6, 6.07) is 0.391. The van der Waals surface area contributed by atoms with Gasteiger partial charge in [0.05, 0.1) is 0 Å². The highest BCUT2D eigenvalue weighted by Crippen LogP contribution is 1.99.